The van der Waals surface area contributed by atoms with Crippen molar-refractivity contribution in [2.75, 3.05) is 26.3 Å². The molecule has 4 heteroatoms. The SMILES string of the molecule is CC1C=CC=NC1[C@]1(CCNCC2OCCc3ccccc32)CCOC2(CCCC2)C1. The highest BCUT2D eigenvalue weighted by molar-refractivity contribution is 5.72. The van der Waals surface area contributed by atoms with E-state index in [0.29, 0.717) is 12.0 Å². The third kappa shape index (κ3) is 4.40. The van der Waals surface area contributed by atoms with Crippen molar-refractivity contribution >= 4 is 6.21 Å². The van der Waals surface area contributed by atoms with Gasteiger partial charge in [0.15, 0.2) is 0 Å². The van der Waals surface area contributed by atoms with Gasteiger partial charge < -0.3 is 14.8 Å². The maximum atomic E-state index is 6.44. The third-order valence-corrected chi connectivity index (χ3v) is 8.29. The summed E-state index contributed by atoms with van der Waals surface area (Å²) in [5, 5.41) is 3.77. The summed E-state index contributed by atoms with van der Waals surface area (Å²) in [4.78, 5) is 5.04. The number of nitrogens with zero attached hydrogens (tertiary/aromatic N) is 1. The Morgan fingerprint density at radius 3 is 2.87 bits per heavy atom. The number of rotatable bonds is 6. The molecule has 4 nitrogen and oxygen atoms in total. The lowest BCUT2D eigenvalue weighted by Crippen LogP contribution is -2.51. The van der Waals surface area contributed by atoms with Crippen LogP contribution in [0.5, 0.6) is 0 Å². The van der Waals surface area contributed by atoms with Crippen LogP contribution in [0.25, 0.3) is 0 Å². The van der Waals surface area contributed by atoms with Gasteiger partial charge in [-0.1, -0.05) is 50.1 Å². The first-order chi connectivity index (χ1) is 15.2. The molecule has 168 valence electrons. The molecule has 1 aliphatic carbocycles. The molecule has 31 heavy (non-hydrogen) atoms. The predicted molar refractivity (Wildman–Crippen MR) is 126 cm³/mol. The van der Waals surface area contributed by atoms with E-state index in [1.165, 1.54) is 43.2 Å². The minimum atomic E-state index is 0.111. The van der Waals surface area contributed by atoms with Crippen molar-refractivity contribution in [2.45, 2.75) is 76.0 Å². The molecule has 0 amide bonds. The number of benzene rings is 1. The third-order valence-electron chi connectivity index (χ3n) is 8.29. The summed E-state index contributed by atoms with van der Waals surface area (Å²) in [7, 11) is 0. The summed E-state index contributed by atoms with van der Waals surface area (Å²) in [6.07, 6.45) is 16.2. The van der Waals surface area contributed by atoms with Gasteiger partial charge in [-0.25, -0.2) is 0 Å². The van der Waals surface area contributed by atoms with Crippen LogP contribution < -0.4 is 5.32 Å². The van der Waals surface area contributed by atoms with E-state index in [-0.39, 0.29) is 17.1 Å². The second-order valence-corrected chi connectivity index (χ2v) is 10.3. The van der Waals surface area contributed by atoms with Crippen LogP contribution in [0, 0.1) is 11.3 Å². The van der Waals surface area contributed by atoms with E-state index in [0.717, 1.165) is 45.6 Å². The van der Waals surface area contributed by atoms with E-state index in [2.05, 4.69) is 48.7 Å². The minimum Gasteiger partial charge on any atom is -0.375 e. The van der Waals surface area contributed by atoms with E-state index < -0.39 is 0 Å². The molecule has 1 saturated heterocycles. The molecule has 5 rings (SSSR count). The van der Waals surface area contributed by atoms with Crippen molar-refractivity contribution in [2.24, 2.45) is 16.3 Å². The molecule has 1 N–H and O–H groups in total. The van der Waals surface area contributed by atoms with E-state index in [1.807, 2.05) is 6.21 Å². The zero-order chi connectivity index (χ0) is 21.2. The van der Waals surface area contributed by atoms with Crippen LogP contribution in [0.1, 0.15) is 69.1 Å². The van der Waals surface area contributed by atoms with Crippen molar-refractivity contribution < 1.29 is 9.47 Å². The van der Waals surface area contributed by atoms with Crippen LogP contribution in [-0.4, -0.2) is 44.2 Å². The summed E-state index contributed by atoms with van der Waals surface area (Å²) >= 11 is 0. The second kappa shape index (κ2) is 9.17. The number of dihydropyridines is 1. The Labute approximate surface area is 187 Å². The van der Waals surface area contributed by atoms with Gasteiger partial charge in [-0.05, 0) is 73.6 Å². The fourth-order valence-corrected chi connectivity index (χ4v) is 6.75. The van der Waals surface area contributed by atoms with Gasteiger partial charge in [0.2, 0.25) is 0 Å². The predicted octanol–water partition coefficient (Wildman–Crippen LogP) is 5.04. The average Bonchev–Trinajstić information content (AvgIpc) is 3.24. The fourth-order valence-electron chi connectivity index (χ4n) is 6.75. The highest BCUT2D eigenvalue weighted by atomic mass is 16.5. The van der Waals surface area contributed by atoms with Gasteiger partial charge in [0, 0.05) is 19.4 Å². The smallest absolute Gasteiger partial charge is 0.0952 e. The molecule has 3 aliphatic heterocycles. The molecule has 1 saturated carbocycles. The summed E-state index contributed by atoms with van der Waals surface area (Å²) in [6, 6.07) is 9.12. The second-order valence-electron chi connectivity index (χ2n) is 10.3. The molecule has 4 aliphatic rings. The Morgan fingerprint density at radius 1 is 1.13 bits per heavy atom. The van der Waals surface area contributed by atoms with E-state index in [9.17, 15) is 0 Å². The van der Waals surface area contributed by atoms with Crippen LogP contribution in [0.3, 0.4) is 0 Å². The number of nitrogens with one attached hydrogen (secondary N) is 1. The number of hydrogen-bond acceptors (Lipinski definition) is 4. The van der Waals surface area contributed by atoms with Gasteiger partial charge in [0.05, 0.1) is 24.4 Å². The maximum absolute atomic E-state index is 6.44. The van der Waals surface area contributed by atoms with E-state index in [1.54, 1.807) is 0 Å². The van der Waals surface area contributed by atoms with Crippen molar-refractivity contribution in [1.82, 2.24) is 5.32 Å². The maximum Gasteiger partial charge on any atom is 0.0952 e. The topological polar surface area (TPSA) is 42.9 Å². The number of fused-ring (bicyclic) bond motifs is 1. The summed E-state index contributed by atoms with van der Waals surface area (Å²) in [5.74, 6) is 0.495. The zero-order valence-electron chi connectivity index (χ0n) is 19.0. The molecule has 4 atom stereocenters. The molecular weight excluding hydrogens is 384 g/mol. The molecule has 2 fully saturated rings. The Bertz CT molecular complexity index is 813. The number of allylic oxidation sites excluding steroid dienone is 1. The monoisotopic (exact) mass is 422 g/mol. The van der Waals surface area contributed by atoms with Crippen LogP contribution in [-0.2, 0) is 15.9 Å². The molecule has 1 aromatic rings. The van der Waals surface area contributed by atoms with Gasteiger partial charge in [0.1, 0.15) is 0 Å². The quantitative estimate of drug-likeness (QED) is 0.654. The van der Waals surface area contributed by atoms with Crippen LogP contribution in [0.4, 0.5) is 0 Å². The molecule has 1 aromatic carbocycles. The summed E-state index contributed by atoms with van der Waals surface area (Å²) in [6.45, 7) is 5.96. The highest BCUT2D eigenvalue weighted by Crippen LogP contribution is 2.52. The molecule has 3 heterocycles. The molecule has 1 spiro atoms. The molecule has 3 unspecified atom stereocenters. The number of hydrogen-bond donors (Lipinski definition) is 1. The van der Waals surface area contributed by atoms with Gasteiger partial charge in [0.25, 0.3) is 0 Å². The van der Waals surface area contributed by atoms with Gasteiger partial charge in [-0.3, -0.25) is 4.99 Å². The van der Waals surface area contributed by atoms with Crippen molar-refractivity contribution in [3.05, 3.63) is 47.5 Å². The van der Waals surface area contributed by atoms with Crippen molar-refractivity contribution in [3.63, 3.8) is 0 Å². The Morgan fingerprint density at radius 2 is 2.00 bits per heavy atom. The molecule has 0 aromatic heterocycles. The van der Waals surface area contributed by atoms with Gasteiger partial charge in [-0.2, -0.15) is 0 Å². The molecular formula is C27H38N2O2. The lowest BCUT2D eigenvalue weighted by molar-refractivity contribution is -0.133. The minimum absolute atomic E-state index is 0.111. The van der Waals surface area contributed by atoms with Crippen LogP contribution in [0.15, 0.2) is 41.4 Å². The van der Waals surface area contributed by atoms with Crippen molar-refractivity contribution in [3.8, 4) is 0 Å². The van der Waals surface area contributed by atoms with Crippen LogP contribution in [0.2, 0.25) is 0 Å². The Hall–Kier alpha value is -1.49. The molecule has 0 radical (unpaired) electrons. The van der Waals surface area contributed by atoms with Crippen LogP contribution >= 0.6 is 0 Å². The average molecular weight is 423 g/mol. The Kier molecular flexibility index (Phi) is 6.32. The first-order valence-electron chi connectivity index (χ1n) is 12.4. The largest absolute Gasteiger partial charge is 0.375 e. The Balaban J connectivity index is 1.26. The highest BCUT2D eigenvalue weighted by Gasteiger charge is 2.51. The number of ether oxygens (including phenoxy) is 2. The summed E-state index contributed by atoms with van der Waals surface area (Å²) in [5.41, 5.74) is 3.14. The lowest BCUT2D eigenvalue weighted by atomic mass is 9.63. The van der Waals surface area contributed by atoms with Gasteiger partial charge in [-0.15, -0.1) is 0 Å². The normalized spacial score (nSPS) is 34.2. The fraction of sp³-hybridized carbons (Fsp3) is 0.667. The van der Waals surface area contributed by atoms with E-state index >= 15 is 0 Å². The first kappa shape index (κ1) is 21.4. The number of aliphatic imine (C=N–C) groups is 1. The lowest BCUT2D eigenvalue weighted by Gasteiger charge is -2.51. The van der Waals surface area contributed by atoms with E-state index in [4.69, 9.17) is 14.5 Å². The molecule has 0 bridgehead atoms. The zero-order valence-corrected chi connectivity index (χ0v) is 19.0. The first-order valence-corrected chi connectivity index (χ1v) is 12.4. The van der Waals surface area contributed by atoms with Crippen molar-refractivity contribution in [1.29, 1.82) is 0 Å². The summed E-state index contributed by atoms with van der Waals surface area (Å²) < 4.78 is 12.6. The van der Waals surface area contributed by atoms with Gasteiger partial charge >= 0.3 is 0 Å². The standard InChI is InChI=1S/C27H38N2O2/c1-21-7-6-15-29-25(21)26(14-18-31-27(20-26)11-4-5-12-27)13-16-28-19-24-23-9-3-2-8-22(23)10-17-30-24/h2-3,6-9,15,21,24-25,28H,4-5,10-14,16-20H2,1H3/t21?,24?,25?,26-/m1/s1.